The summed E-state index contributed by atoms with van der Waals surface area (Å²) in [7, 11) is 1.31. The first-order chi connectivity index (χ1) is 9.52. The molecule has 108 valence electrons. The van der Waals surface area contributed by atoms with Crippen molar-refractivity contribution in [1.29, 1.82) is 0 Å². The second-order valence-corrected chi connectivity index (χ2v) is 4.67. The van der Waals surface area contributed by atoms with Gasteiger partial charge in [-0.3, -0.25) is 4.68 Å². The maximum Gasteiger partial charge on any atom is 0.360 e. The van der Waals surface area contributed by atoms with Gasteiger partial charge in [0.2, 0.25) is 0 Å². The molecule has 0 radical (unpaired) electrons. The van der Waals surface area contributed by atoms with Crippen molar-refractivity contribution < 1.29 is 9.53 Å². The SMILES string of the molecule is COC(=O)c1ncn(CCCn2nc(C)cc2C)c1N. The molecular formula is C13H19N5O2. The van der Waals surface area contributed by atoms with E-state index >= 15 is 0 Å². The van der Waals surface area contributed by atoms with E-state index in [1.54, 1.807) is 10.9 Å². The van der Waals surface area contributed by atoms with Crippen LogP contribution in [0.25, 0.3) is 0 Å². The third kappa shape index (κ3) is 2.81. The number of ether oxygens (including phenoxy) is 1. The molecule has 2 N–H and O–H groups in total. The number of aryl methyl sites for hydroxylation is 4. The van der Waals surface area contributed by atoms with Crippen molar-refractivity contribution >= 4 is 11.8 Å². The average molecular weight is 277 g/mol. The Labute approximate surface area is 117 Å². The number of nitrogens with zero attached hydrogens (tertiary/aromatic N) is 4. The molecule has 2 aromatic heterocycles. The van der Waals surface area contributed by atoms with E-state index in [1.165, 1.54) is 7.11 Å². The summed E-state index contributed by atoms with van der Waals surface area (Å²) >= 11 is 0. The second kappa shape index (κ2) is 5.77. The predicted molar refractivity (Wildman–Crippen MR) is 74.3 cm³/mol. The molecule has 0 fully saturated rings. The molecule has 2 aromatic rings. The van der Waals surface area contributed by atoms with E-state index in [-0.39, 0.29) is 5.69 Å². The van der Waals surface area contributed by atoms with E-state index in [2.05, 4.69) is 14.8 Å². The Bertz CT molecular complexity index is 614. The second-order valence-electron chi connectivity index (χ2n) is 4.67. The highest BCUT2D eigenvalue weighted by Crippen LogP contribution is 2.12. The van der Waals surface area contributed by atoms with Crippen LogP contribution in [-0.2, 0) is 17.8 Å². The number of methoxy groups -OCH3 is 1. The van der Waals surface area contributed by atoms with Gasteiger partial charge in [0.1, 0.15) is 5.82 Å². The van der Waals surface area contributed by atoms with E-state index in [9.17, 15) is 4.79 Å². The number of carbonyl (C=O) groups is 1. The fourth-order valence-corrected chi connectivity index (χ4v) is 2.12. The van der Waals surface area contributed by atoms with Crippen LogP contribution in [0.5, 0.6) is 0 Å². The molecule has 20 heavy (non-hydrogen) atoms. The van der Waals surface area contributed by atoms with Gasteiger partial charge in [-0.25, -0.2) is 9.78 Å². The molecular weight excluding hydrogens is 258 g/mol. The predicted octanol–water partition coefficient (Wildman–Crippen LogP) is 1.16. The highest BCUT2D eigenvalue weighted by Gasteiger charge is 2.15. The standard InChI is InChI=1S/C13H19N5O2/c1-9-7-10(2)18(16-9)6-4-5-17-8-15-11(12(17)14)13(19)20-3/h7-8H,4-6,14H2,1-3H3. The molecule has 0 aliphatic carbocycles. The maximum absolute atomic E-state index is 11.4. The van der Waals surface area contributed by atoms with E-state index in [0.717, 1.165) is 24.4 Å². The summed E-state index contributed by atoms with van der Waals surface area (Å²) in [6, 6.07) is 2.04. The molecule has 0 spiro atoms. The van der Waals surface area contributed by atoms with Crippen LogP contribution >= 0.6 is 0 Å². The van der Waals surface area contributed by atoms with E-state index in [1.807, 2.05) is 24.6 Å². The van der Waals surface area contributed by atoms with Crippen molar-refractivity contribution in [2.24, 2.45) is 0 Å². The van der Waals surface area contributed by atoms with E-state index < -0.39 is 5.97 Å². The molecule has 2 heterocycles. The number of esters is 1. The minimum absolute atomic E-state index is 0.165. The van der Waals surface area contributed by atoms with Gasteiger partial charge in [0.25, 0.3) is 0 Å². The van der Waals surface area contributed by atoms with Crippen LogP contribution in [0.2, 0.25) is 0 Å². The first-order valence-electron chi connectivity index (χ1n) is 6.43. The molecule has 0 saturated carbocycles. The minimum atomic E-state index is -0.514. The lowest BCUT2D eigenvalue weighted by atomic mass is 10.3. The Morgan fingerprint density at radius 2 is 2.15 bits per heavy atom. The number of nitrogens with two attached hydrogens (primary N) is 1. The summed E-state index contributed by atoms with van der Waals surface area (Å²) in [6.45, 7) is 5.47. The van der Waals surface area contributed by atoms with E-state index in [0.29, 0.717) is 12.4 Å². The van der Waals surface area contributed by atoms with Gasteiger partial charge < -0.3 is 15.0 Å². The fourth-order valence-electron chi connectivity index (χ4n) is 2.12. The maximum atomic E-state index is 11.4. The van der Waals surface area contributed by atoms with Crippen LogP contribution in [0.4, 0.5) is 5.82 Å². The van der Waals surface area contributed by atoms with Crippen molar-refractivity contribution in [3.8, 4) is 0 Å². The number of carbonyl (C=O) groups excluding carboxylic acids is 1. The number of anilines is 1. The Hall–Kier alpha value is -2.31. The van der Waals surface area contributed by atoms with Crippen LogP contribution < -0.4 is 5.73 Å². The van der Waals surface area contributed by atoms with Crippen molar-refractivity contribution in [2.75, 3.05) is 12.8 Å². The van der Waals surface area contributed by atoms with Crippen molar-refractivity contribution in [3.63, 3.8) is 0 Å². The lowest BCUT2D eigenvalue weighted by Gasteiger charge is -2.07. The first kappa shape index (κ1) is 14.1. The van der Waals surface area contributed by atoms with Crippen LogP contribution in [0, 0.1) is 13.8 Å². The van der Waals surface area contributed by atoms with Crippen LogP contribution in [0.15, 0.2) is 12.4 Å². The third-order valence-corrected chi connectivity index (χ3v) is 3.13. The monoisotopic (exact) mass is 277 g/mol. The number of rotatable bonds is 5. The molecule has 7 heteroatoms. The summed E-state index contributed by atoms with van der Waals surface area (Å²) in [5, 5.41) is 4.40. The van der Waals surface area contributed by atoms with Gasteiger partial charge in [-0.15, -0.1) is 0 Å². The zero-order chi connectivity index (χ0) is 14.7. The molecule has 2 rings (SSSR count). The van der Waals surface area contributed by atoms with Crippen molar-refractivity contribution in [1.82, 2.24) is 19.3 Å². The van der Waals surface area contributed by atoms with Crippen LogP contribution in [0.3, 0.4) is 0 Å². The molecule has 0 aromatic carbocycles. The Kier molecular flexibility index (Phi) is 4.07. The Balaban J connectivity index is 1.96. The van der Waals surface area contributed by atoms with Gasteiger partial charge in [-0.2, -0.15) is 5.10 Å². The Morgan fingerprint density at radius 1 is 1.40 bits per heavy atom. The molecule has 0 atom stereocenters. The molecule has 7 nitrogen and oxygen atoms in total. The van der Waals surface area contributed by atoms with Gasteiger partial charge in [0.15, 0.2) is 5.69 Å². The van der Waals surface area contributed by atoms with Gasteiger partial charge in [-0.05, 0) is 26.3 Å². The molecule has 0 bridgehead atoms. The summed E-state index contributed by atoms with van der Waals surface area (Å²) < 4.78 is 8.32. The largest absolute Gasteiger partial charge is 0.464 e. The highest BCUT2D eigenvalue weighted by molar-refractivity contribution is 5.91. The Morgan fingerprint density at radius 3 is 2.75 bits per heavy atom. The first-order valence-corrected chi connectivity index (χ1v) is 6.43. The van der Waals surface area contributed by atoms with Gasteiger partial charge in [-0.1, -0.05) is 0 Å². The topological polar surface area (TPSA) is 88.0 Å². The number of hydrogen-bond donors (Lipinski definition) is 1. The number of hydrogen-bond acceptors (Lipinski definition) is 5. The lowest BCUT2D eigenvalue weighted by molar-refractivity contribution is 0.0596. The molecule has 0 unspecified atom stereocenters. The smallest absolute Gasteiger partial charge is 0.360 e. The number of aromatic nitrogens is 4. The third-order valence-electron chi connectivity index (χ3n) is 3.13. The summed E-state index contributed by atoms with van der Waals surface area (Å²) in [5.74, 6) is -0.176. The van der Waals surface area contributed by atoms with E-state index in [4.69, 9.17) is 5.73 Å². The van der Waals surface area contributed by atoms with Gasteiger partial charge in [0.05, 0.1) is 19.1 Å². The van der Waals surface area contributed by atoms with Crippen molar-refractivity contribution in [2.45, 2.75) is 33.4 Å². The normalized spacial score (nSPS) is 10.8. The van der Waals surface area contributed by atoms with Crippen LogP contribution in [0.1, 0.15) is 28.3 Å². The van der Waals surface area contributed by atoms with Gasteiger partial charge >= 0.3 is 5.97 Å². The summed E-state index contributed by atoms with van der Waals surface area (Å²) in [5.41, 5.74) is 8.18. The summed E-state index contributed by atoms with van der Waals surface area (Å²) in [6.07, 6.45) is 2.41. The quantitative estimate of drug-likeness (QED) is 0.828. The average Bonchev–Trinajstić information content (AvgIpc) is 2.93. The lowest BCUT2D eigenvalue weighted by Crippen LogP contribution is -2.10. The molecule has 0 aliphatic rings. The van der Waals surface area contributed by atoms with Crippen molar-refractivity contribution in [3.05, 3.63) is 29.5 Å². The molecule has 0 amide bonds. The number of nitrogen functional groups attached to an aromatic ring is 1. The zero-order valence-corrected chi connectivity index (χ0v) is 12.0. The summed E-state index contributed by atoms with van der Waals surface area (Å²) in [4.78, 5) is 15.4. The highest BCUT2D eigenvalue weighted by atomic mass is 16.5. The fraction of sp³-hybridized carbons (Fsp3) is 0.462. The molecule has 0 saturated heterocycles. The van der Waals surface area contributed by atoms with Crippen LogP contribution in [-0.4, -0.2) is 32.4 Å². The molecule has 0 aliphatic heterocycles. The number of imidazole rings is 1. The minimum Gasteiger partial charge on any atom is -0.464 e. The van der Waals surface area contributed by atoms with Gasteiger partial charge in [0, 0.05) is 18.8 Å². The zero-order valence-electron chi connectivity index (χ0n) is 12.0.